The van der Waals surface area contributed by atoms with Crippen LogP contribution in [0.5, 0.6) is 0 Å². The van der Waals surface area contributed by atoms with Crippen LogP contribution in [-0.4, -0.2) is 88.9 Å². The smallest absolute Gasteiger partial charge is 0.404 e. The van der Waals surface area contributed by atoms with Crippen LogP contribution >= 0.6 is 0 Å². The summed E-state index contributed by atoms with van der Waals surface area (Å²) in [5.74, 6) is 0. The fourth-order valence-electron chi connectivity index (χ4n) is 0.996. The molecule has 0 radical (unpaired) electrons. The van der Waals surface area contributed by atoms with Crippen LogP contribution in [0.2, 0.25) is 0 Å². The fourth-order valence-corrected chi connectivity index (χ4v) is 0.996. The molecule has 0 aromatic heterocycles. The predicted octanol–water partition coefficient (Wildman–Crippen LogP) is 0.711. The molecule has 21 heteroatoms. The van der Waals surface area contributed by atoms with E-state index in [4.69, 9.17) is 0 Å². The van der Waals surface area contributed by atoms with Gasteiger partial charge in [-0.15, -0.1) is 0 Å². The summed E-state index contributed by atoms with van der Waals surface area (Å²) in [6, 6.07) is 0. The molecule has 0 rings (SSSR count). The number of carbonyl (C=O) groups excluding carboxylic acids is 7. The molecule has 0 aromatic carbocycles. The number of nitrogens with two attached hydrogens (primary N) is 7. The Hall–Kier alpha value is -5.11. The van der Waals surface area contributed by atoms with Gasteiger partial charge in [0, 0.05) is 0 Å². The first-order chi connectivity index (χ1) is 19.4. The van der Waals surface area contributed by atoms with Gasteiger partial charge in [-0.3, -0.25) is 0 Å². The van der Waals surface area contributed by atoms with Gasteiger partial charge in [-0.05, 0) is 48.5 Å². The molecular formula is C21H49N7O14. The zero-order chi connectivity index (χ0) is 34.9. The van der Waals surface area contributed by atoms with Crippen molar-refractivity contribution in [1.82, 2.24) is 0 Å². The third-order valence-corrected chi connectivity index (χ3v) is 2.01. The molecule has 0 aliphatic heterocycles. The maximum absolute atomic E-state index is 9.60. The van der Waals surface area contributed by atoms with E-state index < -0.39 is 42.7 Å². The van der Waals surface area contributed by atoms with Crippen LogP contribution in [0.15, 0.2) is 0 Å². The van der Waals surface area contributed by atoms with Gasteiger partial charge in [-0.25, -0.2) is 33.6 Å². The topological polar surface area (TPSA) is 366 Å². The highest BCUT2D eigenvalue weighted by Gasteiger charge is 1.85. The van der Waals surface area contributed by atoms with E-state index in [-0.39, 0.29) is 0 Å². The van der Waals surface area contributed by atoms with Gasteiger partial charge in [0.05, 0.1) is 46.2 Å². The lowest BCUT2D eigenvalue weighted by molar-refractivity contribution is 0.162. The first-order valence-corrected chi connectivity index (χ1v) is 11.8. The molecule has 0 aliphatic rings. The lowest BCUT2D eigenvalue weighted by Gasteiger charge is -1.89. The van der Waals surface area contributed by atoms with Crippen LogP contribution in [0.4, 0.5) is 33.6 Å². The lowest BCUT2D eigenvalue weighted by Crippen LogP contribution is -2.11. The summed E-state index contributed by atoms with van der Waals surface area (Å²) in [4.78, 5) is 67.2. The molecule has 0 unspecified atom stereocenters. The Morgan fingerprint density at radius 2 is 0.357 bits per heavy atom. The number of carbonyl (C=O) groups is 7. The second kappa shape index (κ2) is 48.9. The molecule has 0 spiro atoms. The molecule has 7 amide bonds. The van der Waals surface area contributed by atoms with Crippen molar-refractivity contribution >= 4 is 42.7 Å². The lowest BCUT2D eigenvalue weighted by atomic mass is 10.9. The molecule has 0 aliphatic carbocycles. The van der Waals surface area contributed by atoms with Crippen molar-refractivity contribution in [3.63, 3.8) is 0 Å². The molecular weight excluding hydrogens is 574 g/mol. The minimum Gasteiger partial charge on any atom is -0.450 e. The average molecular weight is 624 g/mol. The highest BCUT2D eigenvalue weighted by atomic mass is 16.6. The van der Waals surface area contributed by atoms with Crippen molar-refractivity contribution in [2.75, 3.05) is 46.2 Å². The second-order valence-corrected chi connectivity index (χ2v) is 5.26. The van der Waals surface area contributed by atoms with Gasteiger partial charge in [0.25, 0.3) is 0 Å². The first kappa shape index (κ1) is 53.2. The predicted molar refractivity (Wildman–Crippen MR) is 148 cm³/mol. The Balaban J connectivity index is -0.0000000681. The molecule has 0 atom stereocenters. The van der Waals surface area contributed by atoms with E-state index in [9.17, 15) is 33.6 Å². The van der Waals surface area contributed by atoms with Gasteiger partial charge in [0.1, 0.15) is 0 Å². The molecule has 0 bridgehead atoms. The van der Waals surface area contributed by atoms with Gasteiger partial charge in [0.2, 0.25) is 0 Å². The van der Waals surface area contributed by atoms with Gasteiger partial charge >= 0.3 is 42.7 Å². The van der Waals surface area contributed by atoms with Crippen LogP contribution in [-0.2, 0) is 33.2 Å². The SMILES string of the molecule is CCOC(N)=O.CCOC(N)=O.CCOC(N)=O.CCOC(N)=O.CCOC(N)=O.CCOC(N)=O.CCOC(N)=O. The molecule has 0 saturated heterocycles. The number of hydrogen-bond donors (Lipinski definition) is 7. The van der Waals surface area contributed by atoms with Crippen LogP contribution < -0.4 is 40.1 Å². The van der Waals surface area contributed by atoms with Crippen molar-refractivity contribution in [3.8, 4) is 0 Å². The van der Waals surface area contributed by atoms with Crippen molar-refractivity contribution in [2.45, 2.75) is 48.5 Å². The van der Waals surface area contributed by atoms with E-state index in [1.807, 2.05) is 0 Å². The van der Waals surface area contributed by atoms with Crippen LogP contribution in [0.1, 0.15) is 48.5 Å². The standard InChI is InChI=1S/7C3H7NO2/c7*1-2-6-3(4)5/h7*2H2,1H3,(H2,4,5). The minimum atomic E-state index is -0.711. The maximum atomic E-state index is 9.60. The summed E-state index contributed by atoms with van der Waals surface area (Å²) < 4.78 is 29.3. The third-order valence-electron chi connectivity index (χ3n) is 2.01. The van der Waals surface area contributed by atoms with E-state index in [0.717, 1.165) is 0 Å². The molecule has 42 heavy (non-hydrogen) atoms. The summed E-state index contributed by atoms with van der Waals surface area (Å²) in [5.41, 5.74) is 31.8. The molecule has 0 saturated carbocycles. The maximum Gasteiger partial charge on any atom is 0.404 e. The Bertz CT molecular complexity index is 526. The van der Waals surface area contributed by atoms with E-state index in [0.29, 0.717) is 46.2 Å². The van der Waals surface area contributed by atoms with Crippen LogP contribution in [0.3, 0.4) is 0 Å². The normalized spacial score (nSPS) is 7.50. The summed E-state index contributed by atoms with van der Waals surface area (Å²) in [6.07, 6.45) is -4.97. The molecule has 14 N–H and O–H groups in total. The number of primary amides is 7. The van der Waals surface area contributed by atoms with Crippen molar-refractivity contribution in [3.05, 3.63) is 0 Å². The number of hydrogen-bond acceptors (Lipinski definition) is 14. The Kier molecular flexibility index (Phi) is 61.9. The molecule has 0 aromatic rings. The van der Waals surface area contributed by atoms with Crippen molar-refractivity contribution in [1.29, 1.82) is 0 Å². The van der Waals surface area contributed by atoms with Gasteiger partial charge in [-0.1, -0.05) is 0 Å². The molecule has 21 nitrogen and oxygen atoms in total. The zero-order valence-corrected chi connectivity index (χ0v) is 25.2. The van der Waals surface area contributed by atoms with E-state index in [1.54, 1.807) is 48.5 Å². The van der Waals surface area contributed by atoms with Gasteiger partial charge in [-0.2, -0.15) is 0 Å². The van der Waals surface area contributed by atoms with Gasteiger partial charge in [0.15, 0.2) is 0 Å². The third kappa shape index (κ3) is 159. The van der Waals surface area contributed by atoms with Crippen molar-refractivity contribution < 1.29 is 66.7 Å². The molecule has 0 fully saturated rings. The summed E-state index contributed by atoms with van der Waals surface area (Å²) in [7, 11) is 0. The molecule has 252 valence electrons. The Labute approximate surface area is 244 Å². The summed E-state index contributed by atoms with van der Waals surface area (Å²) in [5, 5.41) is 0. The number of ether oxygens (including phenoxy) is 7. The quantitative estimate of drug-likeness (QED) is 0.192. The highest BCUT2D eigenvalue weighted by Crippen LogP contribution is 1.69. The van der Waals surface area contributed by atoms with Crippen LogP contribution in [0, 0.1) is 0 Å². The van der Waals surface area contributed by atoms with Crippen LogP contribution in [0.25, 0.3) is 0 Å². The fraction of sp³-hybridized carbons (Fsp3) is 0.667. The average Bonchev–Trinajstić information content (AvgIpc) is 2.81. The monoisotopic (exact) mass is 623 g/mol. The largest absolute Gasteiger partial charge is 0.450 e. The molecule has 0 heterocycles. The van der Waals surface area contributed by atoms with Crippen molar-refractivity contribution in [2.24, 2.45) is 40.1 Å². The highest BCUT2D eigenvalue weighted by molar-refractivity contribution is 5.66. The number of rotatable bonds is 7. The Morgan fingerprint density at radius 1 is 0.286 bits per heavy atom. The van der Waals surface area contributed by atoms with Gasteiger partial charge < -0.3 is 73.3 Å². The minimum absolute atomic E-state index is 0.356. The second-order valence-electron chi connectivity index (χ2n) is 5.26. The number of amides is 7. The van der Waals surface area contributed by atoms with E-state index >= 15 is 0 Å². The summed E-state index contributed by atoms with van der Waals surface area (Å²) in [6.45, 7) is 14.4. The Morgan fingerprint density at radius 3 is 0.357 bits per heavy atom. The first-order valence-electron chi connectivity index (χ1n) is 11.8. The van der Waals surface area contributed by atoms with E-state index in [1.165, 1.54) is 0 Å². The summed E-state index contributed by atoms with van der Waals surface area (Å²) >= 11 is 0. The van der Waals surface area contributed by atoms with E-state index in [2.05, 4.69) is 73.3 Å². The zero-order valence-electron chi connectivity index (χ0n) is 25.2.